The van der Waals surface area contributed by atoms with E-state index in [9.17, 15) is 30.0 Å². The number of rotatable bonds is 0. The topological polar surface area (TPSA) is 134 Å². The second-order valence-electron chi connectivity index (χ2n) is 3.37. The van der Waals surface area contributed by atoms with Gasteiger partial charge in [-0.2, -0.15) is 0 Å². The Morgan fingerprint density at radius 2 is 1.47 bits per heavy atom. The van der Waals surface area contributed by atoms with Crippen molar-refractivity contribution in [2.45, 2.75) is 30.2 Å². The standard InChI is InChI=1S/C7H8O8/c8-1-2(9)4-14-5(11)7(13,3(1)10)6(12)15-4/h1-4,8-10,13H/t1-,2+,3+,4?,7?/m1/s1. The molecule has 3 aliphatic rings. The third kappa shape index (κ3) is 1.10. The van der Waals surface area contributed by atoms with Gasteiger partial charge in [-0.15, -0.1) is 0 Å². The summed E-state index contributed by atoms with van der Waals surface area (Å²) >= 11 is 0. The first kappa shape index (κ1) is 10.3. The summed E-state index contributed by atoms with van der Waals surface area (Å²) in [5, 5.41) is 37.4. The monoisotopic (exact) mass is 220 g/mol. The molecular formula is C7H8O8. The summed E-state index contributed by atoms with van der Waals surface area (Å²) in [5.74, 6) is -2.90. The van der Waals surface area contributed by atoms with Crippen LogP contribution in [0.3, 0.4) is 0 Å². The molecule has 15 heavy (non-hydrogen) atoms. The second kappa shape index (κ2) is 2.89. The Bertz CT molecular complexity index is 307. The van der Waals surface area contributed by atoms with Gasteiger partial charge in [-0.3, -0.25) is 0 Å². The van der Waals surface area contributed by atoms with Crippen molar-refractivity contribution < 1.29 is 39.5 Å². The van der Waals surface area contributed by atoms with Crippen LogP contribution in [-0.2, 0) is 19.1 Å². The zero-order valence-electron chi connectivity index (χ0n) is 7.23. The molecule has 3 atom stereocenters. The van der Waals surface area contributed by atoms with E-state index in [-0.39, 0.29) is 0 Å². The molecule has 0 spiro atoms. The highest BCUT2D eigenvalue weighted by molar-refractivity contribution is 6.05. The summed E-state index contributed by atoms with van der Waals surface area (Å²) in [6, 6.07) is 0. The largest absolute Gasteiger partial charge is 0.419 e. The third-order valence-corrected chi connectivity index (χ3v) is 2.45. The Hall–Kier alpha value is -1.22. The summed E-state index contributed by atoms with van der Waals surface area (Å²) in [5.41, 5.74) is -2.98. The predicted octanol–water partition coefficient (Wildman–Crippen LogP) is -3.76. The van der Waals surface area contributed by atoms with E-state index in [1.165, 1.54) is 0 Å². The molecule has 3 aliphatic heterocycles. The normalized spacial score (nSPS) is 49.6. The summed E-state index contributed by atoms with van der Waals surface area (Å²) in [6.07, 6.45) is -7.63. The summed E-state index contributed by atoms with van der Waals surface area (Å²) in [4.78, 5) is 22.3. The minimum atomic E-state index is -2.98. The Kier molecular flexibility index (Phi) is 1.98. The highest BCUT2D eigenvalue weighted by Gasteiger charge is 2.66. The molecule has 8 heteroatoms. The van der Waals surface area contributed by atoms with Crippen molar-refractivity contribution in [3.8, 4) is 0 Å². The van der Waals surface area contributed by atoms with E-state index in [0.717, 1.165) is 0 Å². The first-order chi connectivity index (χ1) is 6.89. The van der Waals surface area contributed by atoms with Gasteiger partial charge in [0.1, 0.15) is 12.2 Å². The van der Waals surface area contributed by atoms with Crippen molar-refractivity contribution in [2.75, 3.05) is 0 Å². The van der Waals surface area contributed by atoms with Crippen molar-refractivity contribution in [3.05, 3.63) is 0 Å². The zero-order valence-corrected chi connectivity index (χ0v) is 7.23. The van der Waals surface area contributed by atoms with Gasteiger partial charge in [-0.05, 0) is 0 Å². The highest BCUT2D eigenvalue weighted by Crippen LogP contribution is 2.32. The maximum atomic E-state index is 11.2. The number of hydrogen-bond acceptors (Lipinski definition) is 8. The molecule has 3 fully saturated rings. The molecule has 8 nitrogen and oxygen atoms in total. The zero-order chi connectivity index (χ0) is 11.4. The first-order valence-corrected chi connectivity index (χ1v) is 4.07. The molecule has 0 aromatic heterocycles. The van der Waals surface area contributed by atoms with Gasteiger partial charge in [-0.1, -0.05) is 0 Å². The van der Waals surface area contributed by atoms with E-state index in [1.54, 1.807) is 0 Å². The Labute approximate surface area is 82.6 Å². The molecule has 3 heterocycles. The van der Waals surface area contributed by atoms with Crippen molar-refractivity contribution in [1.29, 1.82) is 0 Å². The number of hydrogen-bond donors (Lipinski definition) is 4. The molecular weight excluding hydrogens is 212 g/mol. The van der Waals surface area contributed by atoms with Crippen LogP contribution in [0, 0.1) is 0 Å². The molecule has 3 saturated heterocycles. The molecule has 2 bridgehead atoms. The van der Waals surface area contributed by atoms with E-state index in [1.807, 2.05) is 0 Å². The fourth-order valence-electron chi connectivity index (χ4n) is 1.47. The number of aliphatic hydroxyl groups excluding tert-OH is 3. The lowest BCUT2D eigenvalue weighted by atomic mass is 9.92. The second-order valence-corrected chi connectivity index (χ2v) is 3.37. The van der Waals surface area contributed by atoms with Crippen molar-refractivity contribution in [1.82, 2.24) is 0 Å². The van der Waals surface area contributed by atoms with Crippen LogP contribution in [0.15, 0.2) is 0 Å². The molecule has 0 aromatic carbocycles. The van der Waals surface area contributed by atoms with Gasteiger partial charge in [0.05, 0.1) is 0 Å². The van der Waals surface area contributed by atoms with Crippen molar-refractivity contribution >= 4 is 11.9 Å². The summed E-state index contributed by atoms with van der Waals surface area (Å²) in [6.45, 7) is 0. The summed E-state index contributed by atoms with van der Waals surface area (Å²) in [7, 11) is 0. The number of carbonyl (C=O) groups excluding carboxylic acids is 2. The Morgan fingerprint density at radius 3 is 1.93 bits per heavy atom. The van der Waals surface area contributed by atoms with Gasteiger partial charge in [-0.25, -0.2) is 9.59 Å². The highest BCUT2D eigenvalue weighted by atomic mass is 16.8. The number of esters is 2. The van der Waals surface area contributed by atoms with Gasteiger partial charge >= 0.3 is 11.9 Å². The van der Waals surface area contributed by atoms with E-state index in [2.05, 4.69) is 9.47 Å². The lowest BCUT2D eigenvalue weighted by molar-refractivity contribution is -0.243. The van der Waals surface area contributed by atoms with Crippen LogP contribution in [-0.4, -0.2) is 62.6 Å². The van der Waals surface area contributed by atoms with Crippen LogP contribution in [0.25, 0.3) is 0 Å². The van der Waals surface area contributed by atoms with Gasteiger partial charge in [0, 0.05) is 0 Å². The Morgan fingerprint density at radius 1 is 1.00 bits per heavy atom. The van der Waals surface area contributed by atoms with E-state index >= 15 is 0 Å². The van der Waals surface area contributed by atoms with E-state index < -0.39 is 42.1 Å². The van der Waals surface area contributed by atoms with Crippen LogP contribution in [0.5, 0.6) is 0 Å². The minimum Gasteiger partial charge on any atom is -0.419 e. The average Bonchev–Trinajstić information content (AvgIpc) is 2.28. The maximum Gasteiger partial charge on any atom is 0.356 e. The number of aliphatic hydroxyl groups is 4. The molecule has 0 aliphatic carbocycles. The molecule has 0 saturated carbocycles. The SMILES string of the molecule is O=C1OC2OC(=O)C1(O)[C@@H](O)[C@H](O)[C@@H]2O. The van der Waals surface area contributed by atoms with Crippen LogP contribution < -0.4 is 0 Å². The maximum absolute atomic E-state index is 11.2. The number of fused-ring (bicyclic) bond motifs is 4. The Balaban J connectivity index is 2.51. The quantitative estimate of drug-likeness (QED) is 0.241. The molecule has 84 valence electrons. The molecule has 0 radical (unpaired) electrons. The lowest BCUT2D eigenvalue weighted by Gasteiger charge is -2.30. The van der Waals surface area contributed by atoms with Gasteiger partial charge in [0.2, 0.25) is 0 Å². The van der Waals surface area contributed by atoms with Gasteiger partial charge < -0.3 is 29.9 Å². The number of ether oxygens (including phenoxy) is 2. The van der Waals surface area contributed by atoms with Crippen LogP contribution >= 0.6 is 0 Å². The smallest absolute Gasteiger partial charge is 0.356 e. The lowest BCUT2D eigenvalue weighted by Crippen LogP contribution is -2.61. The molecule has 0 aromatic rings. The molecule has 0 unspecified atom stereocenters. The third-order valence-electron chi connectivity index (χ3n) is 2.45. The van der Waals surface area contributed by atoms with Crippen molar-refractivity contribution in [2.24, 2.45) is 0 Å². The molecule has 4 N–H and O–H groups in total. The molecule has 0 amide bonds. The van der Waals surface area contributed by atoms with Crippen LogP contribution in [0.2, 0.25) is 0 Å². The number of carbonyl (C=O) groups is 2. The van der Waals surface area contributed by atoms with Crippen LogP contribution in [0.4, 0.5) is 0 Å². The predicted molar refractivity (Wildman–Crippen MR) is 38.9 cm³/mol. The van der Waals surface area contributed by atoms with Gasteiger partial charge in [0.15, 0.2) is 6.10 Å². The summed E-state index contributed by atoms with van der Waals surface area (Å²) < 4.78 is 8.67. The van der Waals surface area contributed by atoms with E-state index in [4.69, 9.17) is 0 Å². The van der Waals surface area contributed by atoms with Crippen LogP contribution in [0.1, 0.15) is 0 Å². The van der Waals surface area contributed by atoms with E-state index in [0.29, 0.717) is 0 Å². The molecule has 3 rings (SSSR count). The fraction of sp³-hybridized carbons (Fsp3) is 0.714. The average molecular weight is 220 g/mol. The van der Waals surface area contributed by atoms with Gasteiger partial charge in [0.25, 0.3) is 11.9 Å². The minimum absolute atomic E-state index is 1.45. The fourth-order valence-corrected chi connectivity index (χ4v) is 1.47. The van der Waals surface area contributed by atoms with Crippen molar-refractivity contribution in [3.63, 3.8) is 0 Å². The first-order valence-electron chi connectivity index (χ1n) is 4.07.